The molecule has 3 aromatic rings. The Bertz CT molecular complexity index is 815. The van der Waals surface area contributed by atoms with Crippen molar-refractivity contribution in [1.82, 2.24) is 19.9 Å². The summed E-state index contributed by atoms with van der Waals surface area (Å²) in [6.07, 6.45) is 4.62. The second-order valence-electron chi connectivity index (χ2n) is 5.42. The summed E-state index contributed by atoms with van der Waals surface area (Å²) in [6, 6.07) is 9.85. The van der Waals surface area contributed by atoms with Gasteiger partial charge in [0.25, 0.3) is 0 Å². The molecule has 0 atom stereocenters. The summed E-state index contributed by atoms with van der Waals surface area (Å²) < 4.78 is 13.3. The molecule has 0 saturated carbocycles. The first kappa shape index (κ1) is 14.0. The maximum atomic E-state index is 5.81. The molecule has 6 nitrogen and oxygen atoms in total. The Hall–Kier alpha value is -2.60. The third-order valence-electron chi connectivity index (χ3n) is 3.78. The van der Waals surface area contributed by atoms with E-state index in [-0.39, 0.29) is 0 Å². The average molecular weight is 310 g/mol. The monoisotopic (exact) mass is 310 g/mol. The topological polar surface area (TPSA) is 60.7 Å². The van der Waals surface area contributed by atoms with Crippen molar-refractivity contribution in [1.29, 1.82) is 0 Å². The number of hydrogen-bond donors (Lipinski definition) is 1. The summed E-state index contributed by atoms with van der Waals surface area (Å²) in [5.41, 5.74) is 2.78. The van der Waals surface area contributed by atoms with Crippen LogP contribution in [0.3, 0.4) is 0 Å². The molecular formula is C17H18N4O2. The van der Waals surface area contributed by atoms with Gasteiger partial charge >= 0.3 is 0 Å². The Labute approximate surface area is 134 Å². The number of aromatic nitrogens is 3. The molecule has 0 aliphatic carbocycles. The first-order valence-electron chi connectivity index (χ1n) is 7.81. The highest BCUT2D eigenvalue weighted by atomic mass is 16.5. The van der Waals surface area contributed by atoms with Crippen LogP contribution in [0.2, 0.25) is 0 Å². The number of nitrogens with zero attached hydrogens (tertiary/aromatic N) is 3. The van der Waals surface area contributed by atoms with Gasteiger partial charge in [0.15, 0.2) is 5.65 Å². The third-order valence-corrected chi connectivity index (χ3v) is 3.78. The number of benzene rings is 1. The smallest absolute Gasteiger partial charge is 0.216 e. The summed E-state index contributed by atoms with van der Waals surface area (Å²) in [5, 5.41) is 7.71. The van der Waals surface area contributed by atoms with E-state index in [1.165, 1.54) is 0 Å². The zero-order chi connectivity index (χ0) is 15.5. The Morgan fingerprint density at radius 2 is 2.09 bits per heavy atom. The highest BCUT2D eigenvalue weighted by Gasteiger charge is 2.10. The first-order chi connectivity index (χ1) is 11.4. The second-order valence-corrected chi connectivity index (χ2v) is 5.42. The quantitative estimate of drug-likeness (QED) is 0.689. The predicted molar refractivity (Wildman–Crippen MR) is 86.9 cm³/mol. The number of nitrogens with one attached hydrogen (secondary N) is 1. The van der Waals surface area contributed by atoms with Crippen molar-refractivity contribution in [2.24, 2.45) is 0 Å². The normalized spacial score (nSPS) is 15.5. The van der Waals surface area contributed by atoms with Crippen LogP contribution in [0.4, 0.5) is 0 Å². The maximum absolute atomic E-state index is 5.81. The molecule has 1 aliphatic rings. The van der Waals surface area contributed by atoms with Crippen molar-refractivity contribution in [3.05, 3.63) is 42.7 Å². The van der Waals surface area contributed by atoms with Gasteiger partial charge in [-0.2, -0.15) is 10.1 Å². The van der Waals surface area contributed by atoms with E-state index in [2.05, 4.69) is 15.4 Å². The van der Waals surface area contributed by atoms with Crippen LogP contribution < -0.4 is 14.8 Å². The highest BCUT2D eigenvalue weighted by molar-refractivity contribution is 5.77. The van der Waals surface area contributed by atoms with Gasteiger partial charge in [-0.25, -0.2) is 4.52 Å². The van der Waals surface area contributed by atoms with Gasteiger partial charge in [0.2, 0.25) is 5.88 Å². The average Bonchev–Trinajstić information content (AvgIpc) is 3.00. The fraction of sp³-hybridized carbons (Fsp3) is 0.294. The van der Waals surface area contributed by atoms with Crippen LogP contribution in [-0.4, -0.2) is 40.9 Å². The molecule has 0 spiro atoms. The van der Waals surface area contributed by atoms with Gasteiger partial charge in [0.05, 0.1) is 12.8 Å². The largest absolute Gasteiger partial charge is 0.492 e. The van der Waals surface area contributed by atoms with Gasteiger partial charge < -0.3 is 14.8 Å². The van der Waals surface area contributed by atoms with Gasteiger partial charge in [-0.15, -0.1) is 0 Å². The predicted octanol–water partition coefficient (Wildman–Crippen LogP) is 2.15. The van der Waals surface area contributed by atoms with Crippen molar-refractivity contribution in [3.8, 4) is 22.8 Å². The molecular weight excluding hydrogens is 292 g/mol. The molecule has 4 bridgehead atoms. The van der Waals surface area contributed by atoms with E-state index >= 15 is 0 Å². The highest BCUT2D eigenvalue weighted by Crippen LogP contribution is 2.27. The molecule has 0 unspecified atom stereocenters. The molecule has 4 rings (SSSR count). The standard InChI is InChI=1S/C17H18N4O2/c1-3-13-11-14(4-1)22-10-7-18-6-2-9-23-16-5-8-21-17(20-16)15(13)12-19-21/h1,3-5,8,11-12,18H,2,6-7,9-10H2. The number of rotatable bonds is 0. The van der Waals surface area contributed by atoms with E-state index in [4.69, 9.17) is 9.47 Å². The van der Waals surface area contributed by atoms with Gasteiger partial charge in [-0.1, -0.05) is 12.1 Å². The molecule has 3 heterocycles. The van der Waals surface area contributed by atoms with E-state index in [0.717, 1.165) is 42.0 Å². The minimum atomic E-state index is 0.626. The van der Waals surface area contributed by atoms with Crippen LogP contribution in [0.5, 0.6) is 11.6 Å². The van der Waals surface area contributed by atoms with Gasteiger partial charge in [-0.05, 0) is 30.7 Å². The molecule has 1 aromatic carbocycles. The molecule has 1 N–H and O–H groups in total. The van der Waals surface area contributed by atoms with Crippen LogP contribution >= 0.6 is 0 Å². The molecule has 1 aliphatic heterocycles. The minimum absolute atomic E-state index is 0.626. The summed E-state index contributed by atoms with van der Waals surface area (Å²) >= 11 is 0. The van der Waals surface area contributed by atoms with E-state index in [9.17, 15) is 0 Å². The molecule has 6 heteroatoms. The van der Waals surface area contributed by atoms with Gasteiger partial charge in [0.1, 0.15) is 12.4 Å². The van der Waals surface area contributed by atoms with Crippen LogP contribution in [0.25, 0.3) is 16.8 Å². The Balaban J connectivity index is 1.78. The fourth-order valence-corrected chi connectivity index (χ4v) is 2.63. The van der Waals surface area contributed by atoms with Gasteiger partial charge in [0, 0.05) is 24.4 Å². The van der Waals surface area contributed by atoms with Crippen molar-refractivity contribution >= 4 is 5.65 Å². The summed E-state index contributed by atoms with van der Waals surface area (Å²) in [7, 11) is 0. The lowest BCUT2D eigenvalue weighted by Gasteiger charge is -2.08. The lowest BCUT2D eigenvalue weighted by molar-refractivity contribution is 0.288. The molecule has 0 fully saturated rings. The molecule has 2 aromatic heterocycles. The summed E-state index contributed by atoms with van der Waals surface area (Å²) in [5.74, 6) is 1.48. The van der Waals surface area contributed by atoms with Crippen molar-refractivity contribution < 1.29 is 9.47 Å². The van der Waals surface area contributed by atoms with Gasteiger partial charge in [-0.3, -0.25) is 0 Å². The number of hydrogen-bond acceptors (Lipinski definition) is 5. The Morgan fingerprint density at radius 1 is 1.09 bits per heavy atom. The number of ether oxygens (including phenoxy) is 2. The molecule has 0 amide bonds. The van der Waals surface area contributed by atoms with Crippen molar-refractivity contribution in [2.45, 2.75) is 6.42 Å². The Morgan fingerprint density at radius 3 is 3.09 bits per heavy atom. The molecule has 0 saturated heterocycles. The molecule has 118 valence electrons. The lowest BCUT2D eigenvalue weighted by atomic mass is 10.1. The van der Waals surface area contributed by atoms with Crippen molar-refractivity contribution in [3.63, 3.8) is 0 Å². The first-order valence-corrected chi connectivity index (χ1v) is 7.81. The van der Waals surface area contributed by atoms with Crippen LogP contribution in [0.15, 0.2) is 42.7 Å². The zero-order valence-electron chi connectivity index (χ0n) is 12.7. The van der Waals surface area contributed by atoms with Crippen LogP contribution in [0.1, 0.15) is 6.42 Å². The summed E-state index contributed by atoms with van der Waals surface area (Å²) in [6.45, 7) is 2.98. The van der Waals surface area contributed by atoms with E-state index in [1.807, 2.05) is 42.7 Å². The lowest BCUT2D eigenvalue weighted by Crippen LogP contribution is -2.23. The third kappa shape index (κ3) is 2.98. The van der Waals surface area contributed by atoms with E-state index < -0.39 is 0 Å². The fourth-order valence-electron chi connectivity index (χ4n) is 2.63. The second kappa shape index (κ2) is 6.26. The minimum Gasteiger partial charge on any atom is -0.492 e. The SMILES string of the molecule is c1cc2cc(c1)-c1cnn3ccc(nc13)OCCCNCCO2. The van der Waals surface area contributed by atoms with E-state index in [0.29, 0.717) is 19.1 Å². The van der Waals surface area contributed by atoms with Crippen LogP contribution in [0, 0.1) is 0 Å². The number of fused-ring (bicyclic) bond motifs is 4. The maximum Gasteiger partial charge on any atom is 0.216 e. The Kier molecular flexibility index (Phi) is 3.81. The van der Waals surface area contributed by atoms with Crippen molar-refractivity contribution in [2.75, 3.05) is 26.3 Å². The zero-order valence-corrected chi connectivity index (χ0v) is 12.7. The molecule has 0 radical (unpaired) electrons. The summed E-state index contributed by atoms with van der Waals surface area (Å²) in [4.78, 5) is 4.60. The molecule has 23 heavy (non-hydrogen) atoms. The van der Waals surface area contributed by atoms with Crippen LogP contribution in [-0.2, 0) is 0 Å². The van der Waals surface area contributed by atoms with E-state index in [1.54, 1.807) is 4.52 Å².